The minimum atomic E-state index is -1.04. The van der Waals surface area contributed by atoms with Crippen molar-refractivity contribution in [1.29, 1.82) is 0 Å². The Morgan fingerprint density at radius 2 is 1.72 bits per heavy atom. The van der Waals surface area contributed by atoms with Gasteiger partial charge in [0.2, 0.25) is 11.8 Å². The second kappa shape index (κ2) is 13.1. The van der Waals surface area contributed by atoms with Gasteiger partial charge in [-0.3, -0.25) is 19.4 Å². The molecule has 0 spiro atoms. The highest BCUT2D eigenvalue weighted by Crippen LogP contribution is 2.28. The monoisotopic (exact) mass is 525 g/mol. The molecule has 2 amide bonds. The number of hydrogen-bond donors (Lipinski definition) is 4. The summed E-state index contributed by atoms with van der Waals surface area (Å²) in [6, 6.07) is 20.3. The summed E-state index contributed by atoms with van der Waals surface area (Å²) >= 11 is 0. The van der Waals surface area contributed by atoms with E-state index in [1.165, 1.54) is 0 Å². The highest BCUT2D eigenvalue weighted by molar-refractivity contribution is 5.93. The summed E-state index contributed by atoms with van der Waals surface area (Å²) in [5, 5.41) is 18.9. The summed E-state index contributed by atoms with van der Waals surface area (Å²) < 4.78 is 0. The van der Waals surface area contributed by atoms with Crippen molar-refractivity contribution < 1.29 is 19.5 Å². The molecule has 1 atom stereocenters. The number of aliphatic carboxylic acids is 1. The molecule has 4 N–H and O–H groups in total. The second-order valence-corrected chi connectivity index (χ2v) is 9.25. The average Bonchev–Trinajstić information content (AvgIpc) is 2.93. The molecule has 0 aliphatic carbocycles. The van der Waals surface area contributed by atoms with Crippen molar-refractivity contribution in [3.63, 3.8) is 0 Å². The van der Waals surface area contributed by atoms with Crippen LogP contribution < -0.4 is 16.0 Å². The van der Waals surface area contributed by atoms with Crippen molar-refractivity contribution in [3.05, 3.63) is 90.3 Å². The maximum atomic E-state index is 12.5. The Balaban J connectivity index is 1.30. The van der Waals surface area contributed by atoms with Crippen molar-refractivity contribution in [2.45, 2.75) is 32.2 Å². The number of anilines is 1. The number of carbonyl (C=O) groups is 3. The molecule has 200 valence electrons. The third-order valence-corrected chi connectivity index (χ3v) is 6.22. The van der Waals surface area contributed by atoms with E-state index in [-0.39, 0.29) is 25.3 Å². The number of aromatic nitrogens is 2. The Morgan fingerprint density at radius 3 is 2.49 bits per heavy atom. The van der Waals surface area contributed by atoms with Gasteiger partial charge in [0.1, 0.15) is 5.82 Å². The van der Waals surface area contributed by atoms with E-state index in [1.54, 1.807) is 24.5 Å². The number of carboxylic acids is 1. The first kappa shape index (κ1) is 27.3. The van der Waals surface area contributed by atoms with Crippen LogP contribution in [-0.4, -0.2) is 45.9 Å². The molecule has 39 heavy (non-hydrogen) atoms. The molecular weight excluding hydrogens is 494 g/mol. The number of fused-ring (bicyclic) bond motifs is 1. The van der Waals surface area contributed by atoms with Gasteiger partial charge in [-0.2, -0.15) is 0 Å². The normalized spacial score (nSPS) is 11.5. The smallest absolute Gasteiger partial charge is 0.305 e. The van der Waals surface area contributed by atoms with Crippen molar-refractivity contribution in [3.8, 4) is 11.1 Å². The molecule has 9 heteroatoms. The highest BCUT2D eigenvalue weighted by atomic mass is 16.4. The zero-order chi connectivity index (χ0) is 27.6. The summed E-state index contributed by atoms with van der Waals surface area (Å²) in [7, 11) is 0. The minimum Gasteiger partial charge on any atom is -0.481 e. The lowest BCUT2D eigenvalue weighted by Crippen LogP contribution is -2.39. The first-order valence-electron chi connectivity index (χ1n) is 12.8. The van der Waals surface area contributed by atoms with Gasteiger partial charge in [0.25, 0.3) is 0 Å². The highest BCUT2D eigenvalue weighted by Gasteiger charge is 2.19. The zero-order valence-electron chi connectivity index (χ0n) is 21.7. The van der Waals surface area contributed by atoms with Gasteiger partial charge >= 0.3 is 5.97 Å². The third-order valence-electron chi connectivity index (χ3n) is 6.22. The Hall–Kier alpha value is -4.79. The molecule has 2 aromatic carbocycles. The SMILES string of the molecule is Cc1ccnc(NCCCC(=O)NCC(=O)NC(CC(=O)O)c2ccc(-c3cccc4cccnc34)cc2)c1. The molecule has 4 rings (SSSR count). The lowest BCUT2D eigenvalue weighted by Gasteiger charge is -2.18. The van der Waals surface area contributed by atoms with Gasteiger partial charge in [-0.15, -0.1) is 0 Å². The number of aryl methyl sites for hydroxylation is 1. The predicted octanol–water partition coefficient (Wildman–Crippen LogP) is 4.25. The number of amides is 2. The third kappa shape index (κ3) is 7.85. The lowest BCUT2D eigenvalue weighted by molar-refractivity contribution is -0.138. The molecule has 0 fully saturated rings. The van der Waals surface area contributed by atoms with Gasteiger partial charge in [0.05, 0.1) is 24.5 Å². The van der Waals surface area contributed by atoms with Crippen LogP contribution in [0.1, 0.15) is 36.4 Å². The fourth-order valence-corrected chi connectivity index (χ4v) is 4.27. The van der Waals surface area contributed by atoms with Crippen LogP contribution in [-0.2, 0) is 14.4 Å². The molecule has 0 radical (unpaired) electrons. The predicted molar refractivity (Wildman–Crippen MR) is 150 cm³/mol. The van der Waals surface area contributed by atoms with E-state index < -0.39 is 17.9 Å². The maximum Gasteiger partial charge on any atom is 0.305 e. The molecule has 2 heterocycles. The lowest BCUT2D eigenvalue weighted by atomic mass is 9.97. The first-order chi connectivity index (χ1) is 18.9. The van der Waals surface area contributed by atoms with Crippen molar-refractivity contribution >= 4 is 34.5 Å². The minimum absolute atomic E-state index is 0.235. The molecular formula is C30H31N5O4. The summed E-state index contributed by atoms with van der Waals surface area (Å²) in [5.41, 5.74) is 4.52. The molecule has 0 aliphatic heterocycles. The van der Waals surface area contributed by atoms with Crippen LogP contribution >= 0.6 is 0 Å². The van der Waals surface area contributed by atoms with E-state index in [0.29, 0.717) is 18.5 Å². The number of benzene rings is 2. The number of pyridine rings is 2. The molecule has 1 unspecified atom stereocenters. The Labute approximate surface area is 226 Å². The number of rotatable bonds is 12. The number of nitrogens with one attached hydrogen (secondary N) is 3. The fourth-order valence-electron chi connectivity index (χ4n) is 4.27. The van der Waals surface area contributed by atoms with Crippen LogP contribution in [0, 0.1) is 6.92 Å². The number of hydrogen-bond acceptors (Lipinski definition) is 6. The van der Waals surface area contributed by atoms with E-state index >= 15 is 0 Å². The van der Waals surface area contributed by atoms with Crippen LogP contribution in [0.5, 0.6) is 0 Å². The summed E-state index contributed by atoms with van der Waals surface area (Å²) in [5.74, 6) is -1.01. The van der Waals surface area contributed by atoms with E-state index in [2.05, 4.69) is 25.9 Å². The van der Waals surface area contributed by atoms with E-state index in [1.807, 2.05) is 61.5 Å². The van der Waals surface area contributed by atoms with E-state index in [4.69, 9.17) is 0 Å². The van der Waals surface area contributed by atoms with Gasteiger partial charge in [-0.25, -0.2) is 4.98 Å². The van der Waals surface area contributed by atoms with E-state index in [9.17, 15) is 19.5 Å². The van der Waals surface area contributed by atoms with Gasteiger partial charge in [0, 0.05) is 36.3 Å². The largest absolute Gasteiger partial charge is 0.481 e. The Bertz CT molecular complexity index is 1450. The van der Waals surface area contributed by atoms with Crippen LogP contribution in [0.25, 0.3) is 22.0 Å². The van der Waals surface area contributed by atoms with Crippen LogP contribution in [0.15, 0.2) is 79.1 Å². The summed E-state index contributed by atoms with van der Waals surface area (Å²) in [6.07, 6.45) is 4.00. The number of nitrogens with zero attached hydrogens (tertiary/aromatic N) is 2. The summed E-state index contributed by atoms with van der Waals surface area (Å²) in [6.45, 7) is 2.31. The van der Waals surface area contributed by atoms with Crippen molar-refractivity contribution in [1.82, 2.24) is 20.6 Å². The molecule has 0 saturated carbocycles. The van der Waals surface area contributed by atoms with E-state index in [0.717, 1.165) is 33.4 Å². The molecule has 4 aromatic rings. The molecule has 0 bridgehead atoms. The Morgan fingerprint density at radius 1 is 0.923 bits per heavy atom. The molecule has 0 saturated heterocycles. The standard InChI is InChI=1S/C30H31N5O4/c1-20-13-16-32-26(17-20)31-14-4-8-27(36)34-19-28(37)35-25(18-29(38)39)22-11-9-21(10-12-22)24-7-2-5-23-6-3-15-33-30(23)24/h2-3,5-7,9-13,15-17,25H,4,8,14,18-19H2,1H3,(H,31,32)(H,34,36)(H,35,37)(H,38,39). The van der Waals surface area contributed by atoms with Gasteiger partial charge in [-0.1, -0.05) is 48.5 Å². The van der Waals surface area contributed by atoms with Crippen LogP contribution in [0.2, 0.25) is 0 Å². The van der Waals surface area contributed by atoms with Crippen molar-refractivity contribution in [2.75, 3.05) is 18.4 Å². The molecule has 9 nitrogen and oxygen atoms in total. The van der Waals surface area contributed by atoms with Gasteiger partial charge < -0.3 is 21.1 Å². The Kier molecular flexibility index (Phi) is 9.18. The van der Waals surface area contributed by atoms with Gasteiger partial charge in [0.15, 0.2) is 0 Å². The summed E-state index contributed by atoms with van der Waals surface area (Å²) in [4.78, 5) is 44.9. The molecule has 0 aliphatic rings. The molecule has 2 aromatic heterocycles. The van der Waals surface area contributed by atoms with Crippen LogP contribution in [0.4, 0.5) is 5.82 Å². The fraction of sp³-hybridized carbons (Fsp3) is 0.233. The van der Waals surface area contributed by atoms with Crippen molar-refractivity contribution in [2.24, 2.45) is 0 Å². The maximum absolute atomic E-state index is 12.5. The van der Waals surface area contributed by atoms with Crippen LogP contribution in [0.3, 0.4) is 0 Å². The zero-order valence-corrected chi connectivity index (χ0v) is 21.7. The number of para-hydroxylation sites is 1. The second-order valence-electron chi connectivity index (χ2n) is 9.25. The number of carbonyl (C=O) groups excluding carboxylic acids is 2. The quantitative estimate of drug-likeness (QED) is 0.203. The van der Waals surface area contributed by atoms with Gasteiger partial charge in [-0.05, 0) is 48.2 Å². The first-order valence-corrected chi connectivity index (χ1v) is 12.8. The number of carboxylic acid groups (broad SMARTS) is 1. The average molecular weight is 526 g/mol. The topological polar surface area (TPSA) is 133 Å².